The summed E-state index contributed by atoms with van der Waals surface area (Å²) in [6.07, 6.45) is 5.99. The van der Waals surface area contributed by atoms with E-state index in [1.54, 1.807) is 7.11 Å². The number of aliphatic hydroxyl groups excluding tert-OH is 1. The summed E-state index contributed by atoms with van der Waals surface area (Å²) in [5.41, 5.74) is 3.53. The lowest BCUT2D eigenvalue weighted by molar-refractivity contribution is -0.155. The Hall–Kier alpha value is -5.00. The molecule has 2 aliphatic rings. The Balaban J connectivity index is 0.000000190. The smallest absolute Gasteiger partial charge is 0.335 e. The summed E-state index contributed by atoms with van der Waals surface area (Å²) >= 11 is 5.71. The fourth-order valence-corrected chi connectivity index (χ4v) is 14.1. The zero-order valence-corrected chi connectivity index (χ0v) is 45.3. The highest BCUT2D eigenvalue weighted by Crippen LogP contribution is 2.37. The molecule has 6 aromatic rings. The first-order valence-corrected chi connectivity index (χ1v) is 27.8. The fraction of sp³-hybridized carbons (Fsp3) is 0.466. The number of aliphatic hydroxyl groups is 1. The Morgan fingerprint density at radius 2 is 1.12 bits per heavy atom. The number of halogens is 1. The van der Waals surface area contributed by atoms with Gasteiger partial charge in [0.05, 0.1) is 62.4 Å². The van der Waals surface area contributed by atoms with Crippen LogP contribution in [0.1, 0.15) is 95.0 Å². The van der Waals surface area contributed by atoms with Gasteiger partial charge in [0.1, 0.15) is 23.3 Å². The molecule has 0 amide bonds. The fourth-order valence-electron chi connectivity index (χ4n) is 9.27. The van der Waals surface area contributed by atoms with E-state index in [0.717, 1.165) is 79.0 Å². The van der Waals surface area contributed by atoms with Crippen LogP contribution >= 0.6 is 11.6 Å². The lowest BCUT2D eigenvalue weighted by atomic mass is 9.95. The molecule has 8 rings (SSSR count). The number of hydrogen-bond donors (Lipinski definition) is 2. The molecule has 15 heteroatoms. The maximum atomic E-state index is 11.0. The highest BCUT2D eigenvalue weighted by molar-refractivity contribution is 6.99. The number of hydrogen-bond acceptors (Lipinski definition) is 12. The Kier molecular flexibility index (Phi) is 22.4. The first-order chi connectivity index (χ1) is 35.2. The molecule has 2 unspecified atom stereocenters. The van der Waals surface area contributed by atoms with Crippen molar-refractivity contribution >= 4 is 36.3 Å². The third kappa shape index (κ3) is 16.5. The van der Waals surface area contributed by atoms with Crippen LogP contribution in [0, 0.1) is 13.8 Å². The summed E-state index contributed by atoms with van der Waals surface area (Å²) in [5, 5.41) is 21.4. The number of carbonyl (C=O) groups is 1. The molecule has 2 aromatic heterocycles. The molecule has 4 aromatic carbocycles. The van der Waals surface area contributed by atoms with Gasteiger partial charge < -0.3 is 47.2 Å². The van der Waals surface area contributed by atoms with Crippen LogP contribution in [0.5, 0.6) is 0 Å². The Morgan fingerprint density at radius 3 is 1.59 bits per heavy atom. The molecule has 6 atom stereocenters. The zero-order chi connectivity index (χ0) is 52.2. The number of aromatic nitrogens is 2. The van der Waals surface area contributed by atoms with Gasteiger partial charge in [0.15, 0.2) is 6.10 Å². The average Bonchev–Trinajstić information content (AvgIpc) is 3.99. The lowest BCUT2D eigenvalue weighted by Gasteiger charge is -2.43. The lowest BCUT2D eigenvalue weighted by Crippen LogP contribution is -2.67. The second-order valence-corrected chi connectivity index (χ2v) is 24.2. The second kappa shape index (κ2) is 28.6. The number of rotatable bonds is 20. The molecule has 13 nitrogen and oxygen atoms in total. The monoisotopic (exact) mass is 1040 g/mol. The van der Waals surface area contributed by atoms with E-state index >= 15 is 0 Å². The quantitative estimate of drug-likeness (QED) is 0.0549. The van der Waals surface area contributed by atoms with Gasteiger partial charge in [0.25, 0.3) is 8.32 Å². The Bertz CT molecular complexity index is 2470. The van der Waals surface area contributed by atoms with Gasteiger partial charge in [-0.25, -0.2) is 14.8 Å². The standard InChI is InChI=1S/C26H38O4Si.C21H27NO6.C11H10ClNO/c1-26(2,3)31(24-14-7-5-8-15-24,25-16-9-6-10-17-25)30-20-23(28-4)19-29-22-13-11-12-21(27)18-22;1-14-18(22-20(28-14)15-7-4-3-5-8-15)12-26-16-9-6-10-17(11-16)27-13-19(25-2)21(23)24;1-8-10(7-12)13-11(14-8)9-5-3-2-4-6-9/h5-10,14-17,21-23,27H,11-13,18-20H2,1-4H3;3-5,7-8,16-17,19H,6,9-13H2,1-2H3,(H,23,24);2-6H,7H2,1H3/t21-,22+,23?;16-,17+,19?;/m00./s1. The largest absolute Gasteiger partial charge is 0.479 e. The number of methoxy groups -OCH3 is 2. The maximum Gasteiger partial charge on any atom is 0.335 e. The van der Waals surface area contributed by atoms with Crippen molar-refractivity contribution in [3.8, 4) is 22.9 Å². The second-order valence-electron chi connectivity index (χ2n) is 19.6. The van der Waals surface area contributed by atoms with E-state index in [2.05, 4.69) is 91.4 Å². The van der Waals surface area contributed by atoms with Crippen molar-refractivity contribution in [2.75, 3.05) is 34.0 Å². The van der Waals surface area contributed by atoms with Crippen LogP contribution in [0.15, 0.2) is 130 Å². The van der Waals surface area contributed by atoms with Crippen molar-refractivity contribution in [3.05, 3.63) is 144 Å². The van der Waals surface area contributed by atoms with Crippen LogP contribution in [0.4, 0.5) is 0 Å². The van der Waals surface area contributed by atoms with Gasteiger partial charge in [-0.15, -0.1) is 11.6 Å². The minimum Gasteiger partial charge on any atom is -0.479 e. The summed E-state index contributed by atoms with van der Waals surface area (Å²) in [6.45, 7) is 12.0. The van der Waals surface area contributed by atoms with E-state index in [9.17, 15) is 9.90 Å². The number of carboxylic acid groups (broad SMARTS) is 1. The molecule has 2 fully saturated rings. The summed E-state index contributed by atoms with van der Waals surface area (Å²) in [6, 6.07) is 40.9. The molecule has 2 saturated carbocycles. The number of carboxylic acids is 1. The topological polar surface area (TPSA) is 165 Å². The molecule has 73 heavy (non-hydrogen) atoms. The van der Waals surface area contributed by atoms with Gasteiger partial charge in [-0.1, -0.05) is 118 Å². The summed E-state index contributed by atoms with van der Waals surface area (Å²) in [4.78, 5) is 19.9. The highest BCUT2D eigenvalue weighted by atomic mass is 35.5. The molecule has 2 heterocycles. The molecule has 0 aliphatic heterocycles. The minimum absolute atomic E-state index is 0.0194. The normalized spacial score (nSPS) is 18.9. The van der Waals surface area contributed by atoms with Crippen molar-refractivity contribution in [2.24, 2.45) is 0 Å². The van der Waals surface area contributed by atoms with Crippen LogP contribution in [0.25, 0.3) is 22.9 Å². The van der Waals surface area contributed by atoms with Crippen LogP contribution < -0.4 is 10.4 Å². The van der Waals surface area contributed by atoms with E-state index in [1.165, 1.54) is 17.5 Å². The van der Waals surface area contributed by atoms with E-state index < -0.39 is 20.4 Å². The van der Waals surface area contributed by atoms with Crippen LogP contribution in [0.2, 0.25) is 5.04 Å². The first-order valence-electron chi connectivity index (χ1n) is 25.4. The van der Waals surface area contributed by atoms with Gasteiger partial charge in [0, 0.05) is 25.3 Å². The molecule has 394 valence electrons. The number of aliphatic carboxylic acids is 1. The number of aryl methyl sites for hydroxylation is 2. The van der Waals surface area contributed by atoms with Crippen molar-refractivity contribution in [1.29, 1.82) is 0 Å². The highest BCUT2D eigenvalue weighted by Gasteiger charge is 2.50. The van der Waals surface area contributed by atoms with Gasteiger partial charge in [-0.2, -0.15) is 0 Å². The third-order valence-electron chi connectivity index (χ3n) is 13.4. The van der Waals surface area contributed by atoms with E-state index in [-0.39, 0.29) is 42.2 Å². The van der Waals surface area contributed by atoms with E-state index in [1.807, 2.05) is 74.5 Å². The predicted molar refractivity (Wildman–Crippen MR) is 287 cm³/mol. The van der Waals surface area contributed by atoms with E-state index in [4.69, 9.17) is 53.7 Å². The van der Waals surface area contributed by atoms with Gasteiger partial charge in [0.2, 0.25) is 11.8 Å². The molecule has 0 saturated heterocycles. The van der Waals surface area contributed by atoms with Crippen LogP contribution in [-0.4, -0.2) is 105 Å². The van der Waals surface area contributed by atoms with Crippen molar-refractivity contribution in [3.63, 3.8) is 0 Å². The van der Waals surface area contributed by atoms with Crippen molar-refractivity contribution < 1.29 is 52.0 Å². The third-order valence-corrected chi connectivity index (χ3v) is 18.6. The van der Waals surface area contributed by atoms with Crippen molar-refractivity contribution in [2.45, 2.75) is 140 Å². The van der Waals surface area contributed by atoms with Crippen LogP contribution in [-0.2, 0) is 45.4 Å². The molecule has 0 bridgehead atoms. The number of nitrogens with zero attached hydrogens (tertiary/aromatic N) is 2. The zero-order valence-electron chi connectivity index (χ0n) is 43.5. The van der Waals surface area contributed by atoms with Crippen molar-refractivity contribution in [1.82, 2.24) is 9.97 Å². The Morgan fingerprint density at radius 1 is 0.658 bits per heavy atom. The number of alkyl halides is 1. The first kappa shape index (κ1) is 57.3. The molecular weight excluding hydrogens is 964 g/mol. The number of benzene rings is 4. The SMILES string of the molecule is COC(CO[C@@H]1CCC[C@H](O)C1)CO[Si](c1ccccc1)(c1ccccc1)C(C)(C)C.COC(CO[C@@H]1CCC[C@H](OCc2nc(-c3ccccc3)oc2C)C1)C(=O)O.Cc1oc(-c2ccccc2)nc1CCl. The van der Waals surface area contributed by atoms with E-state index in [0.29, 0.717) is 43.9 Å². The van der Waals surface area contributed by atoms with Gasteiger partial charge in [-0.3, -0.25) is 0 Å². The maximum absolute atomic E-state index is 11.0. The summed E-state index contributed by atoms with van der Waals surface area (Å²) < 4.78 is 46.8. The molecule has 2 N–H and O–H groups in total. The number of ether oxygens (including phenoxy) is 5. The van der Waals surface area contributed by atoms with Crippen LogP contribution in [0.3, 0.4) is 0 Å². The summed E-state index contributed by atoms with van der Waals surface area (Å²) in [5.74, 6) is 2.16. The predicted octanol–water partition coefficient (Wildman–Crippen LogP) is 10.9. The molecular formula is C58H75ClN2O11Si. The van der Waals surface area contributed by atoms with Gasteiger partial charge >= 0.3 is 5.97 Å². The Labute approximate surface area is 437 Å². The van der Waals surface area contributed by atoms with Gasteiger partial charge in [-0.05, 0) is 105 Å². The summed E-state index contributed by atoms with van der Waals surface area (Å²) in [7, 11) is 0.511. The number of oxazole rings is 2. The molecule has 2 aliphatic carbocycles. The molecule has 0 spiro atoms. The average molecular weight is 1040 g/mol. The minimum atomic E-state index is -2.58. The molecule has 0 radical (unpaired) electrons.